The molecule has 3 heteroatoms. The zero-order valence-electron chi connectivity index (χ0n) is 31.1. The van der Waals surface area contributed by atoms with Gasteiger partial charge in [0.25, 0.3) is 0 Å². The second-order valence-corrected chi connectivity index (χ2v) is 15.4. The third kappa shape index (κ3) is 5.20. The Morgan fingerprint density at radius 1 is 0.393 bits per heavy atom. The lowest BCUT2D eigenvalue weighted by molar-refractivity contribution is 0.660. The van der Waals surface area contributed by atoms with E-state index in [9.17, 15) is 0 Å². The third-order valence-corrected chi connectivity index (χ3v) is 11.6. The van der Waals surface area contributed by atoms with E-state index in [-0.39, 0.29) is 5.41 Å². The molecule has 0 fully saturated rings. The maximum absolute atomic E-state index is 6.40. The van der Waals surface area contributed by atoms with E-state index in [2.05, 4.69) is 190 Å². The van der Waals surface area contributed by atoms with E-state index in [0.717, 1.165) is 72.3 Å². The second kappa shape index (κ2) is 12.5. The van der Waals surface area contributed by atoms with Gasteiger partial charge in [0, 0.05) is 32.9 Å². The Hall–Kier alpha value is -7.10. The lowest BCUT2D eigenvalue weighted by Gasteiger charge is -2.21. The molecule has 10 aromatic rings. The van der Waals surface area contributed by atoms with Crippen molar-refractivity contribution >= 4 is 32.7 Å². The molecule has 264 valence electrons. The van der Waals surface area contributed by atoms with Gasteiger partial charge in [-0.25, -0.2) is 9.97 Å². The number of hydrogen-bond acceptors (Lipinski definition) is 3. The van der Waals surface area contributed by atoms with E-state index in [1.54, 1.807) is 0 Å². The summed E-state index contributed by atoms with van der Waals surface area (Å²) in [6.07, 6.45) is 0. The van der Waals surface area contributed by atoms with Crippen LogP contribution in [0.15, 0.2) is 186 Å². The van der Waals surface area contributed by atoms with Gasteiger partial charge in [-0.3, -0.25) is 0 Å². The van der Waals surface area contributed by atoms with Gasteiger partial charge < -0.3 is 4.42 Å². The molecule has 56 heavy (non-hydrogen) atoms. The Balaban J connectivity index is 1.14. The first-order chi connectivity index (χ1) is 27.5. The van der Waals surface area contributed by atoms with Gasteiger partial charge >= 0.3 is 0 Å². The van der Waals surface area contributed by atoms with Crippen molar-refractivity contribution in [1.29, 1.82) is 0 Å². The molecule has 11 rings (SSSR count). The molecule has 0 saturated carbocycles. The fourth-order valence-corrected chi connectivity index (χ4v) is 8.80. The Bertz CT molecular complexity index is 3160. The molecule has 1 aliphatic rings. The fraction of sp³-hybridized carbons (Fsp3) is 0.0566. The minimum Gasteiger partial charge on any atom is -0.456 e. The number of furan rings is 1. The van der Waals surface area contributed by atoms with Crippen LogP contribution in [0.1, 0.15) is 25.0 Å². The molecule has 3 nitrogen and oxygen atoms in total. The quantitative estimate of drug-likeness (QED) is 0.178. The average molecular weight is 717 g/mol. The van der Waals surface area contributed by atoms with Crippen LogP contribution in [0.2, 0.25) is 0 Å². The Kier molecular flexibility index (Phi) is 7.20. The topological polar surface area (TPSA) is 38.9 Å². The smallest absolute Gasteiger partial charge is 0.160 e. The molecule has 2 aromatic heterocycles. The van der Waals surface area contributed by atoms with E-state index in [0.29, 0.717) is 5.82 Å². The van der Waals surface area contributed by atoms with Crippen LogP contribution in [0.25, 0.3) is 100.0 Å². The summed E-state index contributed by atoms with van der Waals surface area (Å²) in [6, 6.07) is 64.9. The van der Waals surface area contributed by atoms with Crippen LogP contribution in [0.3, 0.4) is 0 Å². The molecule has 0 N–H and O–H groups in total. The van der Waals surface area contributed by atoms with Gasteiger partial charge in [-0.1, -0.05) is 147 Å². The molecule has 0 spiro atoms. The van der Waals surface area contributed by atoms with Crippen LogP contribution in [-0.2, 0) is 5.41 Å². The lowest BCUT2D eigenvalue weighted by atomic mass is 9.82. The van der Waals surface area contributed by atoms with Crippen LogP contribution < -0.4 is 0 Å². The molecule has 0 bridgehead atoms. The average Bonchev–Trinajstić information content (AvgIpc) is 3.73. The van der Waals surface area contributed by atoms with Crippen LogP contribution in [0.5, 0.6) is 0 Å². The molecule has 0 atom stereocenters. The number of rotatable bonds is 5. The fourth-order valence-electron chi connectivity index (χ4n) is 8.80. The normalized spacial score (nSPS) is 13.0. The summed E-state index contributed by atoms with van der Waals surface area (Å²) >= 11 is 0. The zero-order chi connectivity index (χ0) is 37.4. The molecule has 0 unspecified atom stereocenters. The highest BCUT2D eigenvalue weighted by Crippen LogP contribution is 2.52. The number of benzene rings is 8. The first kappa shape index (κ1) is 32.3. The number of nitrogens with zero attached hydrogens (tertiary/aromatic N) is 2. The Labute approximate surface area is 325 Å². The third-order valence-electron chi connectivity index (χ3n) is 11.6. The van der Waals surface area contributed by atoms with Gasteiger partial charge in [-0.2, -0.15) is 0 Å². The molecular weight excluding hydrogens is 681 g/mol. The van der Waals surface area contributed by atoms with E-state index in [4.69, 9.17) is 14.4 Å². The van der Waals surface area contributed by atoms with Crippen LogP contribution in [0, 0.1) is 0 Å². The van der Waals surface area contributed by atoms with Crippen molar-refractivity contribution in [1.82, 2.24) is 9.97 Å². The van der Waals surface area contributed by atoms with Crippen LogP contribution >= 0.6 is 0 Å². The van der Waals surface area contributed by atoms with E-state index >= 15 is 0 Å². The van der Waals surface area contributed by atoms with Crippen molar-refractivity contribution in [3.8, 4) is 67.3 Å². The Morgan fingerprint density at radius 2 is 1.00 bits per heavy atom. The van der Waals surface area contributed by atoms with Crippen molar-refractivity contribution < 1.29 is 4.42 Å². The first-order valence-corrected chi connectivity index (χ1v) is 19.2. The highest BCUT2D eigenvalue weighted by atomic mass is 16.3. The van der Waals surface area contributed by atoms with Crippen LogP contribution in [0.4, 0.5) is 0 Å². The molecule has 0 amide bonds. The van der Waals surface area contributed by atoms with Gasteiger partial charge in [-0.05, 0) is 104 Å². The molecule has 2 heterocycles. The van der Waals surface area contributed by atoms with Crippen LogP contribution in [-0.4, -0.2) is 9.97 Å². The molecule has 0 saturated heterocycles. The SMILES string of the molecule is CC1(C)c2ccccc2-c2c(-c3cc(-c4cc(-c5ccccc5)cc(-c5ccc6oc7cc8ccccc8cc7c6c5)c4)nc(-c4ccccc4)n3)cccc21. The number of hydrogen-bond donors (Lipinski definition) is 0. The summed E-state index contributed by atoms with van der Waals surface area (Å²) in [7, 11) is 0. The van der Waals surface area contributed by atoms with E-state index < -0.39 is 0 Å². The van der Waals surface area contributed by atoms with Crippen molar-refractivity contribution in [2.75, 3.05) is 0 Å². The minimum absolute atomic E-state index is 0.118. The standard InChI is InChI=1S/C53H36N2O/c1-53(2)45-22-12-11-20-41(45)51-42(21-13-23-46(51)53)48-32-47(54-52(55-48)34-16-7-4-8-17-34)40-27-38(33-14-5-3-6-15-33)26-39(28-40)37-24-25-49-43(30-37)44-29-35-18-9-10-19-36(35)31-50(44)56-49/h3-32H,1-2H3. The van der Waals surface area contributed by atoms with E-state index in [1.165, 1.54) is 33.0 Å². The maximum atomic E-state index is 6.40. The summed E-state index contributed by atoms with van der Waals surface area (Å²) in [5, 5.41) is 4.60. The number of fused-ring (bicyclic) bond motifs is 7. The summed E-state index contributed by atoms with van der Waals surface area (Å²) < 4.78 is 6.40. The van der Waals surface area contributed by atoms with Gasteiger partial charge in [0.05, 0.1) is 11.4 Å². The first-order valence-electron chi connectivity index (χ1n) is 19.2. The van der Waals surface area contributed by atoms with Crippen molar-refractivity contribution in [3.05, 3.63) is 193 Å². The van der Waals surface area contributed by atoms with Gasteiger partial charge in [0.2, 0.25) is 0 Å². The van der Waals surface area contributed by atoms with Gasteiger partial charge in [-0.15, -0.1) is 0 Å². The second-order valence-electron chi connectivity index (χ2n) is 15.4. The van der Waals surface area contributed by atoms with Crippen molar-refractivity contribution in [3.63, 3.8) is 0 Å². The highest BCUT2D eigenvalue weighted by Gasteiger charge is 2.36. The van der Waals surface area contributed by atoms with E-state index in [1.807, 2.05) is 6.07 Å². The summed E-state index contributed by atoms with van der Waals surface area (Å²) in [4.78, 5) is 10.6. The molecule has 0 aliphatic heterocycles. The zero-order valence-corrected chi connectivity index (χ0v) is 31.1. The summed E-state index contributed by atoms with van der Waals surface area (Å²) in [5.74, 6) is 0.700. The predicted molar refractivity (Wildman–Crippen MR) is 232 cm³/mol. The van der Waals surface area contributed by atoms with Gasteiger partial charge in [0.15, 0.2) is 5.82 Å². The predicted octanol–water partition coefficient (Wildman–Crippen LogP) is 14.2. The largest absolute Gasteiger partial charge is 0.456 e. The summed E-state index contributed by atoms with van der Waals surface area (Å²) in [5.41, 5.74) is 16.2. The monoisotopic (exact) mass is 716 g/mol. The molecule has 0 radical (unpaired) electrons. The highest BCUT2D eigenvalue weighted by molar-refractivity contribution is 6.11. The number of aromatic nitrogens is 2. The van der Waals surface area contributed by atoms with Gasteiger partial charge in [0.1, 0.15) is 11.2 Å². The minimum atomic E-state index is -0.118. The molecule has 1 aliphatic carbocycles. The van der Waals surface area contributed by atoms with Crippen molar-refractivity contribution in [2.24, 2.45) is 0 Å². The lowest BCUT2D eigenvalue weighted by Crippen LogP contribution is -2.14. The van der Waals surface area contributed by atoms with Crippen molar-refractivity contribution in [2.45, 2.75) is 19.3 Å². The summed E-state index contributed by atoms with van der Waals surface area (Å²) in [6.45, 7) is 4.65. The molecule has 8 aromatic carbocycles. The Morgan fingerprint density at radius 3 is 1.80 bits per heavy atom. The maximum Gasteiger partial charge on any atom is 0.160 e. The molecular formula is C53H36N2O.